The van der Waals surface area contributed by atoms with Gasteiger partial charge in [-0.25, -0.2) is 4.68 Å². The number of aryl methyl sites for hydroxylation is 1. The van der Waals surface area contributed by atoms with Gasteiger partial charge in [0.05, 0.1) is 0 Å². The summed E-state index contributed by atoms with van der Waals surface area (Å²) in [6.45, 7) is 5.11. The molecule has 80 valence electrons. The summed E-state index contributed by atoms with van der Waals surface area (Å²) in [7, 11) is 0. The van der Waals surface area contributed by atoms with E-state index in [-0.39, 0.29) is 12.4 Å². The molecule has 1 aliphatic heterocycles. The van der Waals surface area contributed by atoms with Crippen LogP contribution in [-0.2, 0) is 6.54 Å². The van der Waals surface area contributed by atoms with Crippen molar-refractivity contribution in [3.05, 3.63) is 5.82 Å². The van der Waals surface area contributed by atoms with E-state index in [1.807, 2.05) is 4.68 Å². The van der Waals surface area contributed by atoms with E-state index in [0.717, 1.165) is 38.3 Å². The molecule has 0 unspecified atom stereocenters. The van der Waals surface area contributed by atoms with Crippen LogP contribution in [-0.4, -0.2) is 33.3 Å². The number of hydrogen-bond acceptors (Lipinski definition) is 4. The number of halogens is 1. The molecule has 0 amide bonds. The molecule has 1 aromatic heterocycles. The van der Waals surface area contributed by atoms with E-state index in [0.29, 0.717) is 5.92 Å². The average Bonchev–Trinajstić information content (AvgIpc) is 2.67. The molecule has 1 aliphatic rings. The summed E-state index contributed by atoms with van der Waals surface area (Å²) in [6, 6.07) is 0. The highest BCUT2D eigenvalue weighted by Gasteiger charge is 2.20. The van der Waals surface area contributed by atoms with Crippen molar-refractivity contribution in [2.45, 2.75) is 32.2 Å². The number of aromatic nitrogens is 4. The van der Waals surface area contributed by atoms with Crippen molar-refractivity contribution >= 4 is 12.4 Å². The third kappa shape index (κ3) is 2.22. The Morgan fingerprint density at radius 1 is 1.43 bits per heavy atom. The van der Waals surface area contributed by atoms with Crippen molar-refractivity contribution in [2.24, 2.45) is 0 Å². The highest BCUT2D eigenvalue weighted by molar-refractivity contribution is 5.85. The Kier molecular flexibility index (Phi) is 4.28. The highest BCUT2D eigenvalue weighted by Crippen LogP contribution is 2.22. The predicted octanol–water partition coefficient (Wildman–Crippen LogP) is 0.582. The van der Waals surface area contributed by atoms with E-state index in [1.54, 1.807) is 0 Å². The lowest BCUT2D eigenvalue weighted by Gasteiger charge is -2.21. The van der Waals surface area contributed by atoms with Crippen molar-refractivity contribution in [2.75, 3.05) is 13.1 Å². The number of tetrazole rings is 1. The van der Waals surface area contributed by atoms with Gasteiger partial charge in [0.15, 0.2) is 5.82 Å². The molecule has 0 radical (unpaired) electrons. The maximum Gasteiger partial charge on any atom is 0.154 e. The molecule has 0 aliphatic carbocycles. The summed E-state index contributed by atoms with van der Waals surface area (Å²) >= 11 is 0. The molecule has 1 aromatic rings. The molecule has 6 heteroatoms. The van der Waals surface area contributed by atoms with Gasteiger partial charge in [0.2, 0.25) is 0 Å². The second-order valence-corrected chi connectivity index (χ2v) is 3.38. The van der Waals surface area contributed by atoms with Crippen LogP contribution in [0.5, 0.6) is 0 Å². The molecule has 2 rings (SSSR count). The van der Waals surface area contributed by atoms with Gasteiger partial charge >= 0.3 is 0 Å². The van der Waals surface area contributed by atoms with Crippen LogP contribution in [0.25, 0.3) is 0 Å². The van der Waals surface area contributed by atoms with Gasteiger partial charge in [-0.3, -0.25) is 0 Å². The van der Waals surface area contributed by atoms with Crippen LogP contribution in [0.4, 0.5) is 0 Å². The minimum absolute atomic E-state index is 0. The summed E-state index contributed by atoms with van der Waals surface area (Å²) in [5.41, 5.74) is 0. The lowest BCUT2D eigenvalue weighted by Crippen LogP contribution is -2.28. The SMILES string of the molecule is CCn1nnnc1C1CCNCC1.Cl. The molecular weight excluding hydrogens is 202 g/mol. The van der Waals surface area contributed by atoms with Gasteiger partial charge in [0.25, 0.3) is 0 Å². The second kappa shape index (κ2) is 5.26. The third-order valence-electron chi connectivity index (χ3n) is 2.56. The van der Waals surface area contributed by atoms with Crippen molar-refractivity contribution in [1.29, 1.82) is 0 Å². The first-order valence-corrected chi connectivity index (χ1v) is 4.88. The fourth-order valence-electron chi connectivity index (χ4n) is 1.81. The van der Waals surface area contributed by atoms with E-state index in [9.17, 15) is 0 Å². The van der Waals surface area contributed by atoms with Gasteiger partial charge in [-0.1, -0.05) is 0 Å². The van der Waals surface area contributed by atoms with Gasteiger partial charge in [-0.2, -0.15) is 0 Å². The number of nitrogens with one attached hydrogen (secondary N) is 1. The molecule has 0 atom stereocenters. The van der Waals surface area contributed by atoms with Gasteiger partial charge in [0.1, 0.15) is 0 Å². The monoisotopic (exact) mass is 217 g/mol. The number of piperidine rings is 1. The molecule has 0 aromatic carbocycles. The summed E-state index contributed by atoms with van der Waals surface area (Å²) in [5, 5.41) is 15.1. The van der Waals surface area contributed by atoms with E-state index in [4.69, 9.17) is 0 Å². The standard InChI is InChI=1S/C8H15N5.ClH/c1-2-13-8(10-11-12-13)7-3-5-9-6-4-7;/h7,9H,2-6H2,1H3;1H. The molecule has 5 nitrogen and oxygen atoms in total. The van der Waals surface area contributed by atoms with E-state index in [1.165, 1.54) is 0 Å². The fraction of sp³-hybridized carbons (Fsp3) is 0.875. The lowest BCUT2D eigenvalue weighted by atomic mass is 9.97. The van der Waals surface area contributed by atoms with E-state index in [2.05, 4.69) is 27.8 Å². The molecule has 0 saturated carbocycles. The maximum absolute atomic E-state index is 4.08. The van der Waals surface area contributed by atoms with Crippen LogP contribution in [0, 0.1) is 0 Å². The zero-order valence-corrected chi connectivity index (χ0v) is 9.13. The molecule has 1 fully saturated rings. The molecule has 0 spiro atoms. The number of rotatable bonds is 2. The minimum Gasteiger partial charge on any atom is -0.317 e. The number of hydrogen-bond donors (Lipinski definition) is 1. The summed E-state index contributed by atoms with van der Waals surface area (Å²) in [5.74, 6) is 1.61. The smallest absolute Gasteiger partial charge is 0.154 e. The Balaban J connectivity index is 0.000000980. The first-order valence-electron chi connectivity index (χ1n) is 4.88. The first kappa shape index (κ1) is 11.4. The Bertz CT molecular complexity index is 268. The Hall–Kier alpha value is -0.680. The first-order chi connectivity index (χ1) is 6.42. The van der Waals surface area contributed by atoms with E-state index < -0.39 is 0 Å². The van der Waals surface area contributed by atoms with Crippen molar-refractivity contribution in [3.8, 4) is 0 Å². The molecule has 14 heavy (non-hydrogen) atoms. The van der Waals surface area contributed by atoms with Crippen molar-refractivity contribution in [3.63, 3.8) is 0 Å². The van der Waals surface area contributed by atoms with Crippen LogP contribution in [0.3, 0.4) is 0 Å². The van der Waals surface area contributed by atoms with Gasteiger partial charge in [-0.05, 0) is 43.3 Å². The van der Waals surface area contributed by atoms with Crippen molar-refractivity contribution < 1.29 is 0 Å². The molecule has 1 N–H and O–H groups in total. The summed E-state index contributed by atoms with van der Waals surface area (Å²) < 4.78 is 1.90. The lowest BCUT2D eigenvalue weighted by molar-refractivity contribution is 0.425. The van der Waals surface area contributed by atoms with Crippen LogP contribution in [0.2, 0.25) is 0 Å². The molecule has 0 bridgehead atoms. The highest BCUT2D eigenvalue weighted by atomic mass is 35.5. The predicted molar refractivity (Wildman–Crippen MR) is 55.6 cm³/mol. The number of nitrogens with zero attached hydrogens (tertiary/aromatic N) is 4. The topological polar surface area (TPSA) is 55.6 Å². The Labute approximate surface area is 89.7 Å². The quantitative estimate of drug-likeness (QED) is 0.788. The fourth-order valence-corrected chi connectivity index (χ4v) is 1.81. The average molecular weight is 218 g/mol. The second-order valence-electron chi connectivity index (χ2n) is 3.38. The normalized spacial score (nSPS) is 17.8. The van der Waals surface area contributed by atoms with Gasteiger partial charge in [-0.15, -0.1) is 17.5 Å². The van der Waals surface area contributed by atoms with E-state index >= 15 is 0 Å². The van der Waals surface area contributed by atoms with Crippen LogP contribution < -0.4 is 5.32 Å². The van der Waals surface area contributed by atoms with Crippen molar-refractivity contribution in [1.82, 2.24) is 25.5 Å². The maximum atomic E-state index is 4.08. The van der Waals surface area contributed by atoms with Crippen LogP contribution in [0.1, 0.15) is 31.5 Å². The van der Waals surface area contributed by atoms with Crippen LogP contribution >= 0.6 is 12.4 Å². The third-order valence-corrected chi connectivity index (χ3v) is 2.56. The summed E-state index contributed by atoms with van der Waals surface area (Å²) in [4.78, 5) is 0. The van der Waals surface area contributed by atoms with Gasteiger partial charge in [0, 0.05) is 12.5 Å². The molecular formula is C8H16ClN5. The Morgan fingerprint density at radius 2 is 2.14 bits per heavy atom. The van der Waals surface area contributed by atoms with Gasteiger partial charge < -0.3 is 5.32 Å². The largest absolute Gasteiger partial charge is 0.317 e. The zero-order chi connectivity index (χ0) is 9.10. The Morgan fingerprint density at radius 3 is 2.79 bits per heavy atom. The minimum atomic E-state index is 0. The van der Waals surface area contributed by atoms with Crippen LogP contribution in [0.15, 0.2) is 0 Å². The molecule has 2 heterocycles. The molecule has 1 saturated heterocycles. The zero-order valence-electron chi connectivity index (χ0n) is 8.31. The summed E-state index contributed by atoms with van der Waals surface area (Å²) in [6.07, 6.45) is 2.31.